The van der Waals surface area contributed by atoms with Gasteiger partial charge in [-0.25, -0.2) is 0 Å². The molecule has 1 heterocycles. The third-order valence-electron chi connectivity index (χ3n) is 4.94. The first-order chi connectivity index (χ1) is 13.7. The number of guanidine groups is 1. The van der Waals surface area contributed by atoms with Crippen LogP contribution < -0.4 is 10.6 Å². The van der Waals surface area contributed by atoms with E-state index in [0.717, 1.165) is 36.9 Å². The highest BCUT2D eigenvalue weighted by Crippen LogP contribution is 2.17. The van der Waals surface area contributed by atoms with Crippen LogP contribution >= 0.6 is 11.6 Å². The summed E-state index contributed by atoms with van der Waals surface area (Å²) >= 11 is 5.93. The summed E-state index contributed by atoms with van der Waals surface area (Å²) in [5, 5.41) is 7.47. The van der Waals surface area contributed by atoms with Gasteiger partial charge in [-0.1, -0.05) is 48.0 Å². The van der Waals surface area contributed by atoms with Crippen LogP contribution in [-0.2, 0) is 24.3 Å². The maximum absolute atomic E-state index is 11.9. The number of benzene rings is 2. The molecule has 6 heteroatoms. The van der Waals surface area contributed by atoms with Crippen LogP contribution in [0.2, 0.25) is 5.02 Å². The van der Waals surface area contributed by atoms with Crippen LogP contribution in [-0.4, -0.2) is 36.9 Å². The lowest BCUT2D eigenvalue weighted by molar-refractivity contribution is -0.128. The van der Waals surface area contributed by atoms with E-state index >= 15 is 0 Å². The summed E-state index contributed by atoms with van der Waals surface area (Å²) in [4.78, 5) is 18.2. The van der Waals surface area contributed by atoms with E-state index in [4.69, 9.17) is 11.6 Å². The molecule has 1 fully saturated rings. The van der Waals surface area contributed by atoms with Crippen LogP contribution in [0.3, 0.4) is 0 Å². The number of nitrogens with zero attached hydrogens (tertiary/aromatic N) is 2. The minimum atomic E-state index is 0.252. The standard InChI is InChI=1S/C22H27ClN4O/c1-24-22(25-13-12-17-8-10-20(23)11-9-17)26-15-18-5-2-3-6-19(18)16-27-14-4-7-21(27)28/h2-3,5-6,8-11H,4,7,12-16H2,1H3,(H2,24,25,26). The van der Waals surface area contributed by atoms with E-state index in [1.807, 2.05) is 41.3 Å². The molecule has 0 aromatic heterocycles. The number of likely N-dealkylation sites (tertiary alicyclic amines) is 1. The fourth-order valence-electron chi connectivity index (χ4n) is 3.34. The molecule has 0 spiro atoms. The summed E-state index contributed by atoms with van der Waals surface area (Å²) in [6.07, 6.45) is 2.53. The van der Waals surface area contributed by atoms with Crippen molar-refractivity contribution in [1.29, 1.82) is 0 Å². The largest absolute Gasteiger partial charge is 0.356 e. The van der Waals surface area contributed by atoms with Crippen molar-refractivity contribution in [3.05, 3.63) is 70.2 Å². The van der Waals surface area contributed by atoms with Gasteiger partial charge in [0.25, 0.3) is 0 Å². The van der Waals surface area contributed by atoms with Crippen molar-refractivity contribution in [2.75, 3.05) is 20.1 Å². The second-order valence-electron chi connectivity index (χ2n) is 6.92. The van der Waals surface area contributed by atoms with Crippen LogP contribution in [0, 0.1) is 0 Å². The lowest BCUT2D eigenvalue weighted by Crippen LogP contribution is -2.38. The lowest BCUT2D eigenvalue weighted by atomic mass is 10.1. The molecule has 1 saturated heterocycles. The van der Waals surface area contributed by atoms with Crippen molar-refractivity contribution < 1.29 is 4.79 Å². The summed E-state index contributed by atoms with van der Waals surface area (Å²) in [5.74, 6) is 1.02. The maximum Gasteiger partial charge on any atom is 0.222 e. The molecule has 0 aliphatic carbocycles. The third-order valence-corrected chi connectivity index (χ3v) is 5.19. The molecule has 148 valence electrons. The van der Waals surface area contributed by atoms with Gasteiger partial charge >= 0.3 is 0 Å². The summed E-state index contributed by atoms with van der Waals surface area (Å²) in [5.41, 5.74) is 3.60. The first-order valence-electron chi connectivity index (χ1n) is 9.69. The molecule has 3 rings (SSSR count). The average molecular weight is 399 g/mol. The maximum atomic E-state index is 11.9. The van der Waals surface area contributed by atoms with Crippen LogP contribution in [0.4, 0.5) is 0 Å². The molecule has 0 bridgehead atoms. The van der Waals surface area contributed by atoms with Gasteiger partial charge in [-0.15, -0.1) is 0 Å². The quantitative estimate of drug-likeness (QED) is 0.555. The number of carbonyl (C=O) groups excluding carboxylic acids is 1. The van der Waals surface area contributed by atoms with E-state index in [9.17, 15) is 4.79 Å². The Kier molecular flexibility index (Phi) is 7.31. The summed E-state index contributed by atoms with van der Waals surface area (Å²) in [7, 11) is 1.77. The molecule has 1 aliphatic heterocycles. The Balaban J connectivity index is 1.50. The second-order valence-corrected chi connectivity index (χ2v) is 7.35. The zero-order valence-electron chi connectivity index (χ0n) is 16.2. The van der Waals surface area contributed by atoms with Gasteiger partial charge in [0.05, 0.1) is 0 Å². The summed E-state index contributed by atoms with van der Waals surface area (Å²) in [6.45, 7) is 2.98. The normalized spacial score (nSPS) is 14.4. The van der Waals surface area contributed by atoms with Gasteiger partial charge < -0.3 is 15.5 Å². The number of nitrogens with one attached hydrogen (secondary N) is 2. The van der Waals surface area contributed by atoms with Crippen LogP contribution in [0.15, 0.2) is 53.5 Å². The molecular weight excluding hydrogens is 372 g/mol. The second kappa shape index (κ2) is 10.1. The number of aliphatic imine (C=N–C) groups is 1. The molecule has 28 heavy (non-hydrogen) atoms. The molecular formula is C22H27ClN4O. The Morgan fingerprint density at radius 1 is 1.11 bits per heavy atom. The van der Waals surface area contributed by atoms with Gasteiger partial charge in [0.1, 0.15) is 0 Å². The monoisotopic (exact) mass is 398 g/mol. The summed E-state index contributed by atoms with van der Waals surface area (Å²) in [6, 6.07) is 16.1. The van der Waals surface area contributed by atoms with Gasteiger partial charge in [-0.05, 0) is 41.7 Å². The van der Waals surface area contributed by atoms with E-state index in [1.54, 1.807) is 7.05 Å². The Bertz CT molecular complexity index is 820. The molecule has 0 atom stereocenters. The Labute approximate surface area is 171 Å². The SMILES string of the molecule is CN=C(NCCc1ccc(Cl)cc1)NCc1ccccc1CN1CCCC1=O. The van der Waals surface area contributed by atoms with E-state index < -0.39 is 0 Å². The number of amides is 1. The van der Waals surface area contributed by atoms with Gasteiger partial charge in [-0.3, -0.25) is 9.79 Å². The molecule has 1 aliphatic rings. The third kappa shape index (κ3) is 5.73. The van der Waals surface area contributed by atoms with Crippen molar-refractivity contribution in [3.8, 4) is 0 Å². The van der Waals surface area contributed by atoms with E-state index in [0.29, 0.717) is 19.5 Å². The van der Waals surface area contributed by atoms with Gasteiger partial charge in [-0.2, -0.15) is 0 Å². The lowest BCUT2D eigenvalue weighted by Gasteiger charge is -2.19. The van der Waals surface area contributed by atoms with E-state index in [1.165, 1.54) is 16.7 Å². The van der Waals surface area contributed by atoms with E-state index in [2.05, 4.69) is 27.8 Å². The predicted molar refractivity (Wildman–Crippen MR) is 114 cm³/mol. The highest BCUT2D eigenvalue weighted by Gasteiger charge is 2.20. The van der Waals surface area contributed by atoms with Gasteiger partial charge in [0.2, 0.25) is 5.91 Å². The topological polar surface area (TPSA) is 56.7 Å². The minimum absolute atomic E-state index is 0.252. The van der Waals surface area contributed by atoms with Crippen molar-refractivity contribution in [3.63, 3.8) is 0 Å². The van der Waals surface area contributed by atoms with Gasteiger partial charge in [0, 0.05) is 44.7 Å². The zero-order valence-corrected chi connectivity index (χ0v) is 17.0. The highest BCUT2D eigenvalue weighted by atomic mass is 35.5. The van der Waals surface area contributed by atoms with Gasteiger partial charge in [0.15, 0.2) is 5.96 Å². The minimum Gasteiger partial charge on any atom is -0.356 e. The van der Waals surface area contributed by atoms with Crippen molar-refractivity contribution in [2.45, 2.75) is 32.4 Å². The van der Waals surface area contributed by atoms with Crippen molar-refractivity contribution >= 4 is 23.5 Å². The summed E-state index contributed by atoms with van der Waals surface area (Å²) < 4.78 is 0. The predicted octanol–water partition coefficient (Wildman–Crippen LogP) is 3.37. The smallest absolute Gasteiger partial charge is 0.222 e. The fourth-order valence-corrected chi connectivity index (χ4v) is 3.46. The number of carbonyl (C=O) groups is 1. The Morgan fingerprint density at radius 3 is 2.54 bits per heavy atom. The van der Waals surface area contributed by atoms with Crippen molar-refractivity contribution in [2.24, 2.45) is 4.99 Å². The number of halogens is 1. The first kappa shape index (κ1) is 20.2. The molecule has 0 radical (unpaired) electrons. The zero-order chi connectivity index (χ0) is 19.8. The number of hydrogen-bond donors (Lipinski definition) is 2. The molecule has 2 aromatic carbocycles. The number of rotatable bonds is 7. The van der Waals surface area contributed by atoms with Crippen LogP contribution in [0.1, 0.15) is 29.5 Å². The molecule has 5 nitrogen and oxygen atoms in total. The van der Waals surface area contributed by atoms with Crippen LogP contribution in [0.5, 0.6) is 0 Å². The van der Waals surface area contributed by atoms with Crippen molar-refractivity contribution in [1.82, 2.24) is 15.5 Å². The molecule has 2 aromatic rings. The average Bonchev–Trinajstić information content (AvgIpc) is 3.11. The molecule has 0 saturated carbocycles. The first-order valence-corrected chi connectivity index (χ1v) is 10.1. The highest BCUT2D eigenvalue weighted by molar-refractivity contribution is 6.30. The van der Waals surface area contributed by atoms with E-state index in [-0.39, 0.29) is 5.91 Å². The molecule has 2 N–H and O–H groups in total. The van der Waals surface area contributed by atoms with Crippen LogP contribution in [0.25, 0.3) is 0 Å². The number of hydrogen-bond acceptors (Lipinski definition) is 2. The Morgan fingerprint density at radius 2 is 1.86 bits per heavy atom. The Hall–Kier alpha value is -2.53. The fraction of sp³-hybridized carbons (Fsp3) is 0.364. The molecule has 1 amide bonds. The molecule has 0 unspecified atom stereocenters.